The summed E-state index contributed by atoms with van der Waals surface area (Å²) >= 11 is 0. The van der Waals surface area contributed by atoms with Crippen LogP contribution in [0, 0.1) is 24.7 Å². The van der Waals surface area contributed by atoms with E-state index in [0.717, 1.165) is 0 Å². The van der Waals surface area contributed by atoms with Crippen molar-refractivity contribution in [2.45, 2.75) is 72.2 Å². The van der Waals surface area contributed by atoms with Gasteiger partial charge in [-0.1, -0.05) is 11.8 Å². The summed E-state index contributed by atoms with van der Waals surface area (Å²) in [6.45, 7) is 15.0. The van der Waals surface area contributed by atoms with Crippen LogP contribution in [0.5, 0.6) is 0 Å². The molecular formula is C17H30O5Si. The normalized spacial score (nSPS) is 13.5. The first-order valence-electron chi connectivity index (χ1n) is 7.70. The third kappa shape index (κ3) is 7.98. The molecule has 0 aliphatic carbocycles. The topological polar surface area (TPSA) is 46.2 Å². The summed E-state index contributed by atoms with van der Waals surface area (Å²) in [4.78, 5) is 0. The Morgan fingerprint density at radius 1 is 0.826 bits per heavy atom. The first kappa shape index (κ1) is 22.1. The van der Waals surface area contributed by atoms with Crippen LogP contribution in [0.1, 0.15) is 48.5 Å². The predicted octanol–water partition coefficient (Wildman–Crippen LogP) is 3.18. The zero-order valence-corrected chi connectivity index (χ0v) is 16.6. The fraction of sp³-hybridized carbons (Fsp3) is 0.765. The SMILES string of the molecule is C#CC(C)(C)OC(C)(OC(C)(C)C#C)O[Si](C)(OCC)OCC. The molecule has 0 spiro atoms. The molecule has 0 heterocycles. The smallest absolute Gasteiger partial charge is 0.374 e. The predicted molar refractivity (Wildman–Crippen MR) is 92.4 cm³/mol. The van der Waals surface area contributed by atoms with E-state index in [-0.39, 0.29) is 0 Å². The monoisotopic (exact) mass is 342 g/mol. The van der Waals surface area contributed by atoms with Crippen LogP contribution in [-0.4, -0.2) is 39.2 Å². The number of terminal acetylenes is 2. The van der Waals surface area contributed by atoms with Gasteiger partial charge in [0, 0.05) is 26.7 Å². The van der Waals surface area contributed by atoms with Gasteiger partial charge < -0.3 is 22.8 Å². The molecule has 0 aromatic heterocycles. The van der Waals surface area contributed by atoms with Crippen molar-refractivity contribution in [1.82, 2.24) is 0 Å². The van der Waals surface area contributed by atoms with Crippen LogP contribution < -0.4 is 0 Å². The third-order valence-electron chi connectivity index (χ3n) is 2.76. The molecule has 0 amide bonds. The molecule has 0 N–H and O–H groups in total. The van der Waals surface area contributed by atoms with Gasteiger partial charge in [0.15, 0.2) is 0 Å². The van der Waals surface area contributed by atoms with Crippen molar-refractivity contribution in [3.05, 3.63) is 0 Å². The average Bonchev–Trinajstić information content (AvgIpc) is 2.36. The number of ether oxygens (including phenoxy) is 2. The van der Waals surface area contributed by atoms with E-state index in [2.05, 4.69) is 11.8 Å². The summed E-state index contributed by atoms with van der Waals surface area (Å²) in [6.07, 6.45) is 11.0. The van der Waals surface area contributed by atoms with Crippen molar-refractivity contribution < 1.29 is 22.8 Å². The third-order valence-corrected chi connectivity index (χ3v) is 5.13. The number of rotatable bonds is 10. The van der Waals surface area contributed by atoms with Gasteiger partial charge in [-0.3, -0.25) is 0 Å². The zero-order valence-electron chi connectivity index (χ0n) is 15.6. The van der Waals surface area contributed by atoms with Gasteiger partial charge in [0.1, 0.15) is 11.2 Å². The summed E-state index contributed by atoms with van der Waals surface area (Å²) < 4.78 is 29.2. The Hall–Kier alpha value is -0.863. The Morgan fingerprint density at radius 3 is 1.43 bits per heavy atom. The molecule has 0 aliphatic heterocycles. The minimum atomic E-state index is -3.00. The summed E-state index contributed by atoms with van der Waals surface area (Å²) in [5.41, 5.74) is -1.85. The molecule has 6 heteroatoms. The van der Waals surface area contributed by atoms with Crippen molar-refractivity contribution in [3.8, 4) is 24.7 Å². The van der Waals surface area contributed by atoms with Crippen LogP contribution in [0.15, 0.2) is 0 Å². The summed E-state index contributed by atoms with van der Waals surface area (Å²) in [7, 11) is -3.00. The van der Waals surface area contributed by atoms with E-state index in [1.54, 1.807) is 41.2 Å². The Bertz CT molecular complexity index is 425. The van der Waals surface area contributed by atoms with E-state index in [1.807, 2.05) is 13.8 Å². The molecule has 0 aromatic rings. The van der Waals surface area contributed by atoms with E-state index in [1.165, 1.54) is 0 Å². The fourth-order valence-electron chi connectivity index (χ4n) is 2.01. The summed E-state index contributed by atoms with van der Waals surface area (Å²) in [5.74, 6) is 3.58. The average molecular weight is 343 g/mol. The van der Waals surface area contributed by atoms with Gasteiger partial charge in [-0.2, -0.15) is 0 Å². The molecule has 0 rings (SSSR count). The Kier molecular flexibility index (Phi) is 7.99. The Balaban J connectivity index is 5.58. The maximum atomic E-state index is 6.04. The molecule has 0 atom stereocenters. The van der Waals surface area contributed by atoms with Gasteiger partial charge in [-0.05, 0) is 41.5 Å². The van der Waals surface area contributed by atoms with Crippen LogP contribution in [0.4, 0.5) is 0 Å². The Labute approximate surface area is 142 Å². The van der Waals surface area contributed by atoms with Gasteiger partial charge in [-0.15, -0.1) is 12.8 Å². The van der Waals surface area contributed by atoms with Gasteiger partial charge in [-0.25, -0.2) is 0 Å². The lowest BCUT2D eigenvalue weighted by Crippen LogP contribution is -2.56. The molecule has 23 heavy (non-hydrogen) atoms. The fourth-order valence-corrected chi connectivity index (χ4v) is 4.02. The van der Waals surface area contributed by atoms with E-state index in [0.29, 0.717) is 13.2 Å². The van der Waals surface area contributed by atoms with Crippen molar-refractivity contribution in [1.29, 1.82) is 0 Å². The Morgan fingerprint density at radius 2 is 1.17 bits per heavy atom. The van der Waals surface area contributed by atoms with Crippen LogP contribution in [-0.2, 0) is 22.8 Å². The highest BCUT2D eigenvalue weighted by molar-refractivity contribution is 6.59. The minimum absolute atomic E-state index is 0.440. The highest BCUT2D eigenvalue weighted by Gasteiger charge is 2.48. The first-order chi connectivity index (χ1) is 10.4. The van der Waals surface area contributed by atoms with Crippen molar-refractivity contribution in [2.24, 2.45) is 0 Å². The lowest BCUT2D eigenvalue weighted by molar-refractivity contribution is -0.388. The van der Waals surface area contributed by atoms with Crippen LogP contribution >= 0.6 is 0 Å². The molecule has 132 valence electrons. The van der Waals surface area contributed by atoms with Gasteiger partial charge in [0.25, 0.3) is 5.97 Å². The minimum Gasteiger partial charge on any atom is -0.374 e. The largest absolute Gasteiger partial charge is 0.501 e. The second-order valence-electron chi connectivity index (χ2n) is 6.21. The first-order valence-corrected chi connectivity index (χ1v) is 9.93. The van der Waals surface area contributed by atoms with Crippen molar-refractivity contribution in [3.63, 3.8) is 0 Å². The van der Waals surface area contributed by atoms with Gasteiger partial charge >= 0.3 is 8.80 Å². The lowest BCUT2D eigenvalue weighted by Gasteiger charge is -2.42. The maximum Gasteiger partial charge on any atom is 0.501 e. The number of hydrogen-bond acceptors (Lipinski definition) is 5. The van der Waals surface area contributed by atoms with E-state index in [9.17, 15) is 0 Å². The van der Waals surface area contributed by atoms with Crippen molar-refractivity contribution in [2.75, 3.05) is 13.2 Å². The number of hydrogen-bond donors (Lipinski definition) is 0. The second kappa shape index (κ2) is 8.30. The lowest BCUT2D eigenvalue weighted by atomic mass is 10.1. The van der Waals surface area contributed by atoms with Gasteiger partial charge in [0.05, 0.1) is 0 Å². The highest BCUT2D eigenvalue weighted by atomic mass is 28.4. The van der Waals surface area contributed by atoms with E-state index >= 15 is 0 Å². The van der Waals surface area contributed by atoms with Crippen LogP contribution in [0.25, 0.3) is 0 Å². The molecule has 0 radical (unpaired) electrons. The molecule has 5 nitrogen and oxygen atoms in total. The van der Waals surface area contributed by atoms with E-state index < -0.39 is 26.0 Å². The summed E-state index contributed by atoms with van der Waals surface area (Å²) in [6, 6.07) is 0. The molecule has 0 aromatic carbocycles. The molecular weight excluding hydrogens is 312 g/mol. The quantitative estimate of drug-likeness (QED) is 0.347. The molecule has 0 saturated heterocycles. The molecule has 0 saturated carbocycles. The molecule has 0 bridgehead atoms. The van der Waals surface area contributed by atoms with Crippen LogP contribution in [0.3, 0.4) is 0 Å². The zero-order chi connectivity index (χ0) is 18.4. The highest BCUT2D eigenvalue weighted by Crippen LogP contribution is 2.31. The summed E-state index contributed by atoms with van der Waals surface area (Å²) in [5, 5.41) is 0. The standard InChI is InChI=1S/C17H30O5Si/c1-11-15(5,6)20-17(9,21-16(7,8)12-2)22-23(10,18-13-3)19-14-4/h1-2H,13-14H2,3-10H3. The molecule has 0 fully saturated rings. The maximum absolute atomic E-state index is 6.04. The van der Waals surface area contributed by atoms with E-state index in [4.69, 9.17) is 35.6 Å². The molecule has 0 aliphatic rings. The molecule has 0 unspecified atom stereocenters. The van der Waals surface area contributed by atoms with Crippen LogP contribution in [0.2, 0.25) is 6.55 Å². The van der Waals surface area contributed by atoms with Crippen molar-refractivity contribution >= 4 is 8.80 Å². The second-order valence-corrected chi connectivity index (χ2v) is 8.71. The van der Waals surface area contributed by atoms with Gasteiger partial charge in [0.2, 0.25) is 0 Å².